The SMILES string of the molecule is CC(C)CC(CNC(=O)C1CCN(C)C1)C(=O)O. The number of likely N-dealkylation sites (tertiary alicyclic amines) is 1. The molecule has 0 aromatic rings. The third kappa shape index (κ3) is 4.64. The molecular weight excluding hydrogens is 232 g/mol. The van der Waals surface area contributed by atoms with Crippen molar-refractivity contribution < 1.29 is 14.7 Å². The Morgan fingerprint density at radius 3 is 2.56 bits per heavy atom. The maximum absolute atomic E-state index is 11.9. The fourth-order valence-electron chi connectivity index (χ4n) is 2.36. The molecule has 1 aliphatic rings. The van der Waals surface area contributed by atoms with Crippen molar-refractivity contribution in [3.63, 3.8) is 0 Å². The Labute approximate surface area is 109 Å². The van der Waals surface area contributed by atoms with Crippen molar-refractivity contribution in [3.05, 3.63) is 0 Å². The van der Waals surface area contributed by atoms with Crippen LogP contribution in [0.25, 0.3) is 0 Å². The number of nitrogens with zero attached hydrogens (tertiary/aromatic N) is 1. The number of carbonyl (C=O) groups excluding carboxylic acids is 1. The predicted molar refractivity (Wildman–Crippen MR) is 69.2 cm³/mol. The van der Waals surface area contributed by atoms with Crippen LogP contribution >= 0.6 is 0 Å². The zero-order chi connectivity index (χ0) is 13.7. The summed E-state index contributed by atoms with van der Waals surface area (Å²) in [6, 6.07) is 0. The number of carboxylic acids is 1. The van der Waals surface area contributed by atoms with Gasteiger partial charge >= 0.3 is 5.97 Å². The van der Waals surface area contributed by atoms with Gasteiger partial charge in [-0.15, -0.1) is 0 Å². The van der Waals surface area contributed by atoms with Gasteiger partial charge in [-0.1, -0.05) is 13.8 Å². The first kappa shape index (κ1) is 15.0. The molecule has 0 aromatic heterocycles. The summed E-state index contributed by atoms with van der Waals surface area (Å²) >= 11 is 0. The molecular formula is C13H24N2O3. The van der Waals surface area contributed by atoms with Gasteiger partial charge in [-0.05, 0) is 32.4 Å². The van der Waals surface area contributed by atoms with E-state index in [1.165, 1.54) is 0 Å². The summed E-state index contributed by atoms with van der Waals surface area (Å²) in [5.41, 5.74) is 0. The van der Waals surface area contributed by atoms with Crippen LogP contribution in [0.4, 0.5) is 0 Å². The number of hydrogen-bond donors (Lipinski definition) is 2. The quantitative estimate of drug-likeness (QED) is 0.737. The molecule has 2 N–H and O–H groups in total. The number of rotatable bonds is 6. The summed E-state index contributed by atoms with van der Waals surface area (Å²) in [6.07, 6.45) is 1.46. The standard InChI is InChI=1S/C13H24N2O3/c1-9(2)6-11(13(17)18)7-14-12(16)10-4-5-15(3)8-10/h9-11H,4-8H2,1-3H3,(H,14,16)(H,17,18). The van der Waals surface area contributed by atoms with Gasteiger partial charge in [-0.2, -0.15) is 0 Å². The second-order valence-corrected chi connectivity index (χ2v) is 5.66. The molecule has 104 valence electrons. The normalized spacial score (nSPS) is 22.1. The highest BCUT2D eigenvalue weighted by atomic mass is 16.4. The summed E-state index contributed by atoms with van der Waals surface area (Å²) in [5.74, 6) is -0.973. The summed E-state index contributed by atoms with van der Waals surface area (Å²) in [7, 11) is 1.99. The van der Waals surface area contributed by atoms with Gasteiger partial charge in [0.1, 0.15) is 0 Å². The van der Waals surface area contributed by atoms with Crippen LogP contribution in [0.5, 0.6) is 0 Å². The third-order valence-corrected chi connectivity index (χ3v) is 3.39. The van der Waals surface area contributed by atoms with E-state index in [2.05, 4.69) is 10.2 Å². The predicted octanol–water partition coefficient (Wildman–Crippen LogP) is 0.801. The van der Waals surface area contributed by atoms with E-state index in [-0.39, 0.29) is 18.4 Å². The van der Waals surface area contributed by atoms with E-state index in [1.54, 1.807) is 0 Å². The topological polar surface area (TPSA) is 69.6 Å². The van der Waals surface area contributed by atoms with Gasteiger partial charge in [0.25, 0.3) is 0 Å². The molecule has 5 nitrogen and oxygen atoms in total. The summed E-state index contributed by atoms with van der Waals surface area (Å²) in [6.45, 7) is 5.93. The third-order valence-electron chi connectivity index (χ3n) is 3.39. The molecule has 0 spiro atoms. The van der Waals surface area contributed by atoms with Crippen LogP contribution < -0.4 is 5.32 Å². The molecule has 2 atom stereocenters. The molecule has 1 amide bonds. The minimum atomic E-state index is -0.826. The average Bonchev–Trinajstić information content (AvgIpc) is 2.69. The molecule has 1 rings (SSSR count). The Morgan fingerprint density at radius 2 is 2.11 bits per heavy atom. The molecule has 0 radical (unpaired) electrons. The monoisotopic (exact) mass is 256 g/mol. The fourth-order valence-corrected chi connectivity index (χ4v) is 2.36. The average molecular weight is 256 g/mol. The first-order valence-electron chi connectivity index (χ1n) is 6.59. The van der Waals surface area contributed by atoms with Gasteiger partial charge < -0.3 is 15.3 Å². The van der Waals surface area contributed by atoms with Crippen molar-refractivity contribution in [2.24, 2.45) is 17.8 Å². The molecule has 1 aliphatic heterocycles. The maximum Gasteiger partial charge on any atom is 0.308 e. The van der Waals surface area contributed by atoms with Crippen LogP contribution in [-0.2, 0) is 9.59 Å². The first-order chi connectivity index (χ1) is 8.40. The molecule has 18 heavy (non-hydrogen) atoms. The van der Waals surface area contributed by atoms with E-state index in [9.17, 15) is 9.59 Å². The van der Waals surface area contributed by atoms with E-state index >= 15 is 0 Å². The van der Waals surface area contributed by atoms with Crippen LogP contribution in [0.3, 0.4) is 0 Å². The number of carbonyl (C=O) groups is 2. The first-order valence-corrected chi connectivity index (χ1v) is 6.59. The molecule has 0 aromatic carbocycles. The van der Waals surface area contributed by atoms with Gasteiger partial charge in [0.05, 0.1) is 11.8 Å². The molecule has 0 bridgehead atoms. The fraction of sp³-hybridized carbons (Fsp3) is 0.846. The molecule has 1 heterocycles. The van der Waals surface area contributed by atoms with Crippen molar-refractivity contribution in [1.82, 2.24) is 10.2 Å². The Hall–Kier alpha value is -1.10. The Balaban J connectivity index is 2.37. The van der Waals surface area contributed by atoms with Gasteiger partial charge in [0.2, 0.25) is 5.91 Å². The second-order valence-electron chi connectivity index (χ2n) is 5.66. The largest absolute Gasteiger partial charge is 0.481 e. The number of nitrogens with one attached hydrogen (secondary N) is 1. The zero-order valence-electron chi connectivity index (χ0n) is 11.5. The molecule has 5 heteroatoms. The highest BCUT2D eigenvalue weighted by molar-refractivity contribution is 5.80. The van der Waals surface area contributed by atoms with Crippen molar-refractivity contribution in [2.75, 3.05) is 26.7 Å². The van der Waals surface area contributed by atoms with Crippen molar-refractivity contribution in [3.8, 4) is 0 Å². The van der Waals surface area contributed by atoms with E-state index in [1.807, 2.05) is 20.9 Å². The highest BCUT2D eigenvalue weighted by Crippen LogP contribution is 2.15. The van der Waals surface area contributed by atoms with Gasteiger partial charge in [0.15, 0.2) is 0 Å². The minimum Gasteiger partial charge on any atom is -0.481 e. The minimum absolute atomic E-state index is 0.00523. The van der Waals surface area contributed by atoms with E-state index < -0.39 is 11.9 Å². The molecule has 2 unspecified atom stereocenters. The number of hydrogen-bond acceptors (Lipinski definition) is 3. The molecule has 0 saturated carbocycles. The smallest absolute Gasteiger partial charge is 0.308 e. The number of carboxylic acid groups (broad SMARTS) is 1. The lowest BCUT2D eigenvalue weighted by molar-refractivity contribution is -0.142. The van der Waals surface area contributed by atoms with Crippen LogP contribution in [-0.4, -0.2) is 48.6 Å². The van der Waals surface area contributed by atoms with Crippen molar-refractivity contribution in [1.29, 1.82) is 0 Å². The number of amides is 1. The lowest BCUT2D eigenvalue weighted by atomic mass is 9.97. The van der Waals surface area contributed by atoms with Crippen LogP contribution in [0, 0.1) is 17.8 Å². The van der Waals surface area contributed by atoms with Gasteiger partial charge in [-0.25, -0.2) is 0 Å². The summed E-state index contributed by atoms with van der Waals surface area (Å²) in [5, 5.41) is 11.9. The maximum atomic E-state index is 11.9. The van der Waals surface area contributed by atoms with E-state index in [0.29, 0.717) is 12.3 Å². The van der Waals surface area contributed by atoms with Crippen LogP contribution in [0.2, 0.25) is 0 Å². The lowest BCUT2D eigenvalue weighted by Gasteiger charge is -2.17. The Morgan fingerprint density at radius 1 is 1.44 bits per heavy atom. The van der Waals surface area contributed by atoms with Gasteiger partial charge in [-0.3, -0.25) is 9.59 Å². The van der Waals surface area contributed by atoms with Crippen molar-refractivity contribution >= 4 is 11.9 Å². The highest BCUT2D eigenvalue weighted by Gasteiger charge is 2.27. The Bertz CT molecular complexity index is 305. The molecule has 1 fully saturated rings. The second kappa shape index (κ2) is 6.73. The zero-order valence-corrected chi connectivity index (χ0v) is 11.5. The van der Waals surface area contributed by atoms with Crippen LogP contribution in [0.1, 0.15) is 26.7 Å². The van der Waals surface area contributed by atoms with E-state index in [4.69, 9.17) is 5.11 Å². The molecule has 1 saturated heterocycles. The lowest BCUT2D eigenvalue weighted by Crippen LogP contribution is -2.38. The van der Waals surface area contributed by atoms with E-state index in [0.717, 1.165) is 19.5 Å². The van der Waals surface area contributed by atoms with Gasteiger partial charge in [0, 0.05) is 13.1 Å². The summed E-state index contributed by atoms with van der Waals surface area (Å²) in [4.78, 5) is 25.1. The van der Waals surface area contributed by atoms with Crippen molar-refractivity contribution in [2.45, 2.75) is 26.7 Å². The summed E-state index contributed by atoms with van der Waals surface area (Å²) < 4.78 is 0. The molecule has 0 aliphatic carbocycles. The Kier molecular flexibility index (Phi) is 5.59. The number of aliphatic carboxylic acids is 1. The van der Waals surface area contributed by atoms with Crippen LogP contribution in [0.15, 0.2) is 0 Å².